The number of hydrogen-bond acceptors (Lipinski definition) is 4. The molecule has 0 aromatic heterocycles. The molecule has 3 aliphatic rings. The molecule has 1 saturated carbocycles. The van der Waals surface area contributed by atoms with Crippen LogP contribution in [-0.2, 0) is 14.1 Å². The number of hydrogen-bond donors (Lipinski definition) is 1. The highest BCUT2D eigenvalue weighted by atomic mass is 16.7. The van der Waals surface area contributed by atoms with Crippen molar-refractivity contribution in [2.24, 2.45) is 0 Å². The van der Waals surface area contributed by atoms with Crippen molar-refractivity contribution >= 4 is 24.5 Å². The molecule has 7 heteroatoms. The molecule has 0 bridgehead atoms. The second-order valence-electron chi connectivity index (χ2n) is 10.8. The van der Waals surface area contributed by atoms with Crippen LogP contribution in [0.15, 0.2) is 48.5 Å². The van der Waals surface area contributed by atoms with Crippen LogP contribution in [0.25, 0.3) is 0 Å². The second kappa shape index (κ2) is 8.24. The summed E-state index contributed by atoms with van der Waals surface area (Å²) in [5, 5.41) is 10.3. The topological polar surface area (TPSA) is 76.1 Å². The van der Waals surface area contributed by atoms with Crippen LogP contribution in [0.3, 0.4) is 0 Å². The quantitative estimate of drug-likeness (QED) is 0.688. The Morgan fingerprint density at radius 1 is 0.971 bits per heavy atom. The molecule has 0 spiro atoms. The van der Waals surface area contributed by atoms with Crippen LogP contribution < -0.4 is 5.46 Å². The summed E-state index contributed by atoms with van der Waals surface area (Å²) in [6, 6.07) is 14.4. The number of carboxylic acids is 1. The van der Waals surface area contributed by atoms with Gasteiger partial charge in [-0.05, 0) is 63.2 Å². The van der Waals surface area contributed by atoms with Gasteiger partial charge in [-0.1, -0.05) is 55.3 Å². The molecule has 1 saturated heterocycles. The number of fused-ring (bicyclic) bond motifs is 1. The van der Waals surface area contributed by atoms with Gasteiger partial charge in [-0.25, -0.2) is 0 Å². The number of aliphatic carboxylic acids is 1. The molecule has 2 aromatic carbocycles. The predicted octanol–water partition coefficient (Wildman–Crippen LogP) is 4.29. The molecule has 178 valence electrons. The second-order valence-corrected chi connectivity index (χ2v) is 10.8. The third-order valence-electron chi connectivity index (χ3n) is 8.16. The summed E-state index contributed by atoms with van der Waals surface area (Å²) < 4.78 is 12.4. The van der Waals surface area contributed by atoms with E-state index in [9.17, 15) is 14.7 Å². The van der Waals surface area contributed by atoms with Crippen molar-refractivity contribution in [3.05, 3.63) is 65.2 Å². The number of nitrogens with zero attached hydrogens (tertiary/aromatic N) is 1. The van der Waals surface area contributed by atoms with Crippen LogP contribution in [-0.4, -0.2) is 46.2 Å². The Bertz CT molecular complexity index is 1090. The zero-order valence-corrected chi connectivity index (χ0v) is 20.3. The van der Waals surface area contributed by atoms with E-state index in [1.807, 2.05) is 69.0 Å². The van der Waals surface area contributed by atoms with Gasteiger partial charge in [0.25, 0.3) is 5.91 Å². The average molecular weight is 461 g/mol. The molecule has 1 aliphatic carbocycles. The molecule has 0 radical (unpaired) electrons. The molecule has 1 amide bonds. The van der Waals surface area contributed by atoms with Crippen LogP contribution >= 0.6 is 0 Å². The highest BCUT2D eigenvalue weighted by Crippen LogP contribution is 2.46. The molecule has 2 atom stereocenters. The van der Waals surface area contributed by atoms with E-state index in [-0.39, 0.29) is 11.9 Å². The Morgan fingerprint density at radius 3 is 2.15 bits per heavy atom. The van der Waals surface area contributed by atoms with E-state index in [4.69, 9.17) is 9.31 Å². The largest absolute Gasteiger partial charge is 0.494 e. The first-order valence-corrected chi connectivity index (χ1v) is 12.2. The van der Waals surface area contributed by atoms with Crippen LogP contribution in [0.1, 0.15) is 86.8 Å². The molecule has 2 heterocycles. The van der Waals surface area contributed by atoms with Crippen molar-refractivity contribution in [1.29, 1.82) is 0 Å². The third-order valence-corrected chi connectivity index (χ3v) is 8.16. The Kier molecular flexibility index (Phi) is 5.61. The maximum Gasteiger partial charge on any atom is 0.494 e. The maximum absolute atomic E-state index is 13.7. The van der Waals surface area contributed by atoms with Gasteiger partial charge >= 0.3 is 13.1 Å². The standard InChI is InChI=1S/C27H32BNO5/c1-26(2)27(3,4)34-28(33-26)18-15-13-17(14-16-18)23-22(25(31)32)20-11-7-8-12-21(20)24(30)29(23)19-9-5-6-10-19/h7-8,11-16,19,22-23H,5-6,9-10H2,1-4H3,(H,31,32). The Balaban J connectivity index is 1.55. The van der Waals surface area contributed by atoms with Gasteiger partial charge in [-0.3, -0.25) is 9.59 Å². The summed E-state index contributed by atoms with van der Waals surface area (Å²) >= 11 is 0. The van der Waals surface area contributed by atoms with Crippen LogP contribution in [0.2, 0.25) is 0 Å². The number of amides is 1. The van der Waals surface area contributed by atoms with Gasteiger partial charge in [0.05, 0.1) is 17.2 Å². The zero-order chi connectivity index (χ0) is 24.3. The van der Waals surface area contributed by atoms with E-state index in [0.717, 1.165) is 36.7 Å². The van der Waals surface area contributed by atoms with Gasteiger partial charge in [-0.15, -0.1) is 0 Å². The minimum Gasteiger partial charge on any atom is -0.481 e. The summed E-state index contributed by atoms with van der Waals surface area (Å²) in [4.78, 5) is 28.1. The van der Waals surface area contributed by atoms with E-state index >= 15 is 0 Å². The molecule has 2 aliphatic heterocycles. The van der Waals surface area contributed by atoms with Crippen molar-refractivity contribution in [3.63, 3.8) is 0 Å². The first-order chi connectivity index (χ1) is 16.1. The lowest BCUT2D eigenvalue weighted by atomic mass is 9.76. The molecular formula is C27H32BNO5. The van der Waals surface area contributed by atoms with Crippen molar-refractivity contribution in [2.45, 2.75) is 82.6 Å². The number of benzene rings is 2. The van der Waals surface area contributed by atoms with E-state index in [0.29, 0.717) is 11.1 Å². The molecule has 5 rings (SSSR count). The lowest BCUT2D eigenvalue weighted by Gasteiger charge is -2.44. The number of carbonyl (C=O) groups excluding carboxylic acids is 1. The predicted molar refractivity (Wildman–Crippen MR) is 130 cm³/mol. The van der Waals surface area contributed by atoms with Crippen LogP contribution in [0.4, 0.5) is 0 Å². The summed E-state index contributed by atoms with van der Waals surface area (Å²) in [6.45, 7) is 8.07. The molecule has 1 N–H and O–H groups in total. The van der Waals surface area contributed by atoms with Gasteiger partial charge in [-0.2, -0.15) is 0 Å². The fourth-order valence-electron chi connectivity index (χ4n) is 5.59. The smallest absolute Gasteiger partial charge is 0.481 e. The lowest BCUT2D eigenvalue weighted by Crippen LogP contribution is -2.49. The van der Waals surface area contributed by atoms with E-state index in [1.54, 1.807) is 12.1 Å². The Labute approximate surface area is 201 Å². The highest BCUT2D eigenvalue weighted by Gasteiger charge is 2.52. The van der Waals surface area contributed by atoms with Crippen molar-refractivity contribution in [2.75, 3.05) is 0 Å². The Morgan fingerprint density at radius 2 is 1.56 bits per heavy atom. The molecule has 6 nitrogen and oxygen atoms in total. The van der Waals surface area contributed by atoms with Gasteiger partial charge in [0.1, 0.15) is 5.92 Å². The molecular weight excluding hydrogens is 429 g/mol. The fraction of sp³-hybridized carbons (Fsp3) is 0.481. The van der Waals surface area contributed by atoms with Gasteiger partial charge in [0, 0.05) is 11.6 Å². The first kappa shape index (κ1) is 23.1. The summed E-state index contributed by atoms with van der Waals surface area (Å²) in [7, 11) is -0.492. The van der Waals surface area contributed by atoms with E-state index in [1.165, 1.54) is 0 Å². The van der Waals surface area contributed by atoms with E-state index in [2.05, 4.69) is 0 Å². The minimum absolute atomic E-state index is 0.0514. The maximum atomic E-state index is 13.7. The molecule has 2 aromatic rings. The Hall–Kier alpha value is -2.64. The summed E-state index contributed by atoms with van der Waals surface area (Å²) in [5.41, 5.74) is 1.92. The summed E-state index contributed by atoms with van der Waals surface area (Å²) in [6.07, 6.45) is 3.92. The SMILES string of the molecule is CC1(C)OB(c2ccc(C3C(C(=O)O)c4ccccc4C(=O)N3C3CCCC3)cc2)OC1(C)C. The van der Waals surface area contributed by atoms with Crippen molar-refractivity contribution in [3.8, 4) is 0 Å². The normalized spacial score (nSPS) is 26.1. The number of rotatable bonds is 4. The zero-order valence-electron chi connectivity index (χ0n) is 20.3. The van der Waals surface area contributed by atoms with Crippen LogP contribution in [0.5, 0.6) is 0 Å². The molecule has 2 unspecified atom stereocenters. The molecule has 2 fully saturated rings. The monoisotopic (exact) mass is 461 g/mol. The van der Waals surface area contributed by atoms with Gasteiger partial charge in [0.15, 0.2) is 0 Å². The minimum atomic E-state index is -0.914. The number of carbonyl (C=O) groups is 2. The first-order valence-electron chi connectivity index (χ1n) is 12.2. The van der Waals surface area contributed by atoms with Crippen molar-refractivity contribution < 1.29 is 24.0 Å². The lowest BCUT2D eigenvalue weighted by molar-refractivity contribution is -0.140. The van der Waals surface area contributed by atoms with Gasteiger partial charge in [0.2, 0.25) is 0 Å². The fourth-order valence-corrected chi connectivity index (χ4v) is 5.59. The third kappa shape index (κ3) is 3.66. The van der Waals surface area contributed by atoms with Crippen LogP contribution in [0, 0.1) is 0 Å². The molecule has 34 heavy (non-hydrogen) atoms. The van der Waals surface area contributed by atoms with E-state index < -0.39 is 36.2 Å². The van der Waals surface area contributed by atoms with Crippen molar-refractivity contribution in [1.82, 2.24) is 4.90 Å². The highest BCUT2D eigenvalue weighted by molar-refractivity contribution is 6.62. The summed E-state index contributed by atoms with van der Waals surface area (Å²) in [5.74, 6) is -1.81. The van der Waals surface area contributed by atoms with Gasteiger partial charge < -0.3 is 19.3 Å². The number of carboxylic acid groups (broad SMARTS) is 1. The average Bonchev–Trinajstić information content (AvgIpc) is 3.39.